The molecule has 4 rings (SSSR count). The number of benzene rings is 2. The van der Waals surface area contributed by atoms with Crippen LogP contribution in [0.4, 0.5) is 0 Å². The summed E-state index contributed by atoms with van der Waals surface area (Å²) in [5, 5.41) is 2.45. The topological polar surface area (TPSA) is 79.8 Å². The summed E-state index contributed by atoms with van der Waals surface area (Å²) in [6.45, 7) is 5.29. The van der Waals surface area contributed by atoms with Gasteiger partial charge in [0.1, 0.15) is 16.5 Å². The number of piperazine rings is 1. The van der Waals surface area contributed by atoms with Gasteiger partial charge in [0.05, 0.1) is 17.6 Å². The molecule has 0 spiro atoms. The van der Waals surface area contributed by atoms with Crippen LogP contribution < -0.4 is 4.74 Å². The summed E-state index contributed by atoms with van der Waals surface area (Å²) in [5.41, 5.74) is 2.30. The van der Waals surface area contributed by atoms with Crippen LogP contribution in [0.1, 0.15) is 35.8 Å². The number of thiazole rings is 1. The van der Waals surface area contributed by atoms with Crippen molar-refractivity contribution in [3.63, 3.8) is 0 Å². The third-order valence-electron chi connectivity index (χ3n) is 5.77. The molecule has 0 unspecified atom stereocenters. The van der Waals surface area contributed by atoms with Crippen molar-refractivity contribution in [2.24, 2.45) is 0 Å². The van der Waals surface area contributed by atoms with Crippen molar-refractivity contribution < 1.29 is 17.9 Å². The van der Waals surface area contributed by atoms with E-state index in [0.717, 1.165) is 11.1 Å². The van der Waals surface area contributed by atoms with Gasteiger partial charge in [-0.1, -0.05) is 38.1 Å². The van der Waals surface area contributed by atoms with Gasteiger partial charge in [0, 0.05) is 31.6 Å². The maximum Gasteiger partial charge on any atom is 0.273 e. The van der Waals surface area contributed by atoms with Crippen LogP contribution in [0.5, 0.6) is 5.75 Å². The zero-order valence-electron chi connectivity index (χ0n) is 18.9. The van der Waals surface area contributed by atoms with Crippen molar-refractivity contribution in [2.75, 3.05) is 33.3 Å². The second kappa shape index (κ2) is 9.62. The van der Waals surface area contributed by atoms with E-state index in [0.29, 0.717) is 35.5 Å². The Kier molecular flexibility index (Phi) is 6.83. The van der Waals surface area contributed by atoms with E-state index in [4.69, 9.17) is 4.74 Å². The Labute approximate surface area is 198 Å². The molecule has 0 N–H and O–H groups in total. The fourth-order valence-electron chi connectivity index (χ4n) is 3.78. The molecule has 0 radical (unpaired) electrons. The molecule has 7 nitrogen and oxygen atoms in total. The van der Waals surface area contributed by atoms with Crippen LogP contribution in [0.3, 0.4) is 0 Å². The molecule has 1 amide bonds. The van der Waals surface area contributed by atoms with E-state index in [-0.39, 0.29) is 23.9 Å². The number of hydrogen-bond acceptors (Lipinski definition) is 6. The van der Waals surface area contributed by atoms with Crippen molar-refractivity contribution in [1.29, 1.82) is 0 Å². The first-order valence-corrected chi connectivity index (χ1v) is 13.1. The van der Waals surface area contributed by atoms with Gasteiger partial charge in [0.25, 0.3) is 5.91 Å². The summed E-state index contributed by atoms with van der Waals surface area (Å²) in [4.78, 5) is 19.5. The van der Waals surface area contributed by atoms with E-state index in [1.807, 2.05) is 36.4 Å². The molecular formula is C24H27N3O4S2. The van der Waals surface area contributed by atoms with Gasteiger partial charge in [0.2, 0.25) is 10.0 Å². The largest absolute Gasteiger partial charge is 0.496 e. The van der Waals surface area contributed by atoms with Crippen LogP contribution in [0.25, 0.3) is 10.6 Å². The summed E-state index contributed by atoms with van der Waals surface area (Å²) in [6, 6.07) is 14.6. The lowest BCUT2D eigenvalue weighted by Gasteiger charge is -2.33. The molecule has 1 aliphatic heterocycles. The van der Waals surface area contributed by atoms with Crippen LogP contribution in [-0.2, 0) is 10.0 Å². The van der Waals surface area contributed by atoms with Gasteiger partial charge in [0.15, 0.2) is 0 Å². The minimum Gasteiger partial charge on any atom is -0.496 e. The van der Waals surface area contributed by atoms with Gasteiger partial charge in [-0.25, -0.2) is 13.4 Å². The molecule has 1 aliphatic rings. The quantitative estimate of drug-likeness (QED) is 0.525. The summed E-state index contributed by atoms with van der Waals surface area (Å²) < 4.78 is 32.9. The first kappa shape index (κ1) is 23.4. The average Bonchev–Trinajstić information content (AvgIpc) is 3.34. The molecule has 0 aliphatic carbocycles. The summed E-state index contributed by atoms with van der Waals surface area (Å²) in [6.07, 6.45) is 0. The van der Waals surface area contributed by atoms with Crippen LogP contribution in [-0.4, -0.2) is 61.8 Å². The number of nitrogens with zero attached hydrogens (tertiary/aromatic N) is 3. The van der Waals surface area contributed by atoms with E-state index < -0.39 is 10.0 Å². The molecule has 33 heavy (non-hydrogen) atoms. The lowest BCUT2D eigenvalue weighted by molar-refractivity contribution is 0.0693. The first-order chi connectivity index (χ1) is 15.8. The molecule has 1 aromatic heterocycles. The molecule has 0 saturated carbocycles. The number of rotatable bonds is 6. The molecule has 1 saturated heterocycles. The van der Waals surface area contributed by atoms with E-state index in [1.54, 1.807) is 29.5 Å². The highest BCUT2D eigenvalue weighted by Crippen LogP contribution is 2.32. The number of sulfonamides is 1. The van der Waals surface area contributed by atoms with Crippen LogP contribution in [0, 0.1) is 0 Å². The second-order valence-electron chi connectivity index (χ2n) is 8.16. The van der Waals surface area contributed by atoms with Crippen molar-refractivity contribution in [3.8, 4) is 16.3 Å². The lowest BCUT2D eigenvalue weighted by atomic mass is 10.0. The third kappa shape index (κ3) is 4.80. The normalized spacial score (nSPS) is 15.1. The van der Waals surface area contributed by atoms with Crippen molar-refractivity contribution >= 4 is 27.3 Å². The predicted octanol–water partition coefficient (Wildman–Crippen LogP) is 4.09. The SMILES string of the molecule is COc1ccccc1-c1nc(C(=O)N2CCN(S(=O)(=O)c3ccc(C(C)C)cc3)CC2)cs1. The number of ether oxygens (including phenoxy) is 1. The van der Waals surface area contributed by atoms with Crippen LogP contribution in [0.2, 0.25) is 0 Å². The highest BCUT2D eigenvalue weighted by molar-refractivity contribution is 7.89. The summed E-state index contributed by atoms with van der Waals surface area (Å²) in [7, 11) is -1.99. The molecule has 0 atom stereocenters. The second-order valence-corrected chi connectivity index (χ2v) is 11.0. The molecule has 0 bridgehead atoms. The van der Waals surface area contributed by atoms with Gasteiger partial charge >= 0.3 is 0 Å². The Morgan fingerprint density at radius 3 is 2.33 bits per heavy atom. The molecule has 2 heterocycles. The zero-order chi connectivity index (χ0) is 23.6. The smallest absolute Gasteiger partial charge is 0.273 e. The molecule has 1 fully saturated rings. The van der Waals surface area contributed by atoms with E-state index in [2.05, 4.69) is 18.8 Å². The van der Waals surface area contributed by atoms with E-state index in [1.165, 1.54) is 15.6 Å². The minimum atomic E-state index is -3.59. The summed E-state index contributed by atoms with van der Waals surface area (Å²) >= 11 is 1.38. The predicted molar refractivity (Wildman–Crippen MR) is 129 cm³/mol. The Hall–Kier alpha value is -2.75. The standard InChI is InChI=1S/C24H27N3O4S2/c1-17(2)18-8-10-19(11-9-18)33(29,30)27-14-12-26(13-15-27)24(28)21-16-32-23(25-21)20-6-4-5-7-22(20)31-3/h4-11,16-17H,12-15H2,1-3H3. The van der Waals surface area contributed by atoms with Gasteiger partial charge in [-0.05, 0) is 35.7 Å². The fourth-order valence-corrected chi connectivity index (χ4v) is 6.03. The average molecular weight is 486 g/mol. The van der Waals surface area contributed by atoms with Crippen molar-refractivity contribution in [3.05, 3.63) is 65.2 Å². The first-order valence-electron chi connectivity index (χ1n) is 10.8. The number of amides is 1. The number of hydrogen-bond donors (Lipinski definition) is 0. The molecular weight excluding hydrogens is 458 g/mol. The molecule has 2 aromatic carbocycles. The lowest BCUT2D eigenvalue weighted by Crippen LogP contribution is -2.50. The Morgan fingerprint density at radius 1 is 1.03 bits per heavy atom. The maximum atomic E-state index is 13.0. The van der Waals surface area contributed by atoms with Gasteiger partial charge in [-0.15, -0.1) is 11.3 Å². The Morgan fingerprint density at radius 2 is 1.70 bits per heavy atom. The molecule has 174 valence electrons. The van der Waals surface area contributed by atoms with E-state index in [9.17, 15) is 13.2 Å². The number of methoxy groups -OCH3 is 1. The van der Waals surface area contributed by atoms with E-state index >= 15 is 0 Å². The highest BCUT2D eigenvalue weighted by Gasteiger charge is 2.31. The van der Waals surface area contributed by atoms with Gasteiger partial charge < -0.3 is 9.64 Å². The molecule has 9 heteroatoms. The highest BCUT2D eigenvalue weighted by atomic mass is 32.2. The van der Waals surface area contributed by atoms with Gasteiger partial charge in [-0.2, -0.15) is 4.31 Å². The third-order valence-corrected chi connectivity index (χ3v) is 8.56. The Bertz CT molecular complexity index is 1230. The monoisotopic (exact) mass is 485 g/mol. The van der Waals surface area contributed by atoms with Gasteiger partial charge in [-0.3, -0.25) is 4.79 Å². The van der Waals surface area contributed by atoms with Crippen molar-refractivity contribution in [1.82, 2.24) is 14.2 Å². The number of carbonyl (C=O) groups excluding carboxylic acids is 1. The minimum absolute atomic E-state index is 0.189. The molecule has 3 aromatic rings. The Balaban J connectivity index is 1.43. The van der Waals surface area contributed by atoms with Crippen molar-refractivity contribution in [2.45, 2.75) is 24.7 Å². The zero-order valence-corrected chi connectivity index (χ0v) is 20.5. The van der Waals surface area contributed by atoms with Crippen LogP contribution in [0.15, 0.2) is 58.8 Å². The number of aromatic nitrogens is 1. The summed E-state index contributed by atoms with van der Waals surface area (Å²) in [5.74, 6) is 0.849. The number of carbonyl (C=O) groups is 1. The number of para-hydroxylation sites is 1. The van der Waals surface area contributed by atoms with Crippen LogP contribution >= 0.6 is 11.3 Å². The maximum absolute atomic E-state index is 13.0. The fraction of sp³-hybridized carbons (Fsp3) is 0.333.